The Labute approximate surface area is 174 Å². The van der Waals surface area contributed by atoms with Crippen LogP contribution >= 0.6 is 12.2 Å². The van der Waals surface area contributed by atoms with Gasteiger partial charge in [0, 0.05) is 5.69 Å². The molecule has 0 heterocycles. The van der Waals surface area contributed by atoms with Crippen LogP contribution in [0.25, 0.3) is 0 Å². The molecule has 1 unspecified atom stereocenters. The topological polar surface area (TPSA) is 33.3 Å². The monoisotopic (exact) mass is 448 g/mol. The van der Waals surface area contributed by atoms with Gasteiger partial charge in [-0.3, -0.25) is 0 Å². The highest BCUT2D eigenvalue weighted by Crippen LogP contribution is 2.41. The van der Waals surface area contributed by atoms with Crippen molar-refractivity contribution >= 4 is 23.0 Å². The van der Waals surface area contributed by atoms with Crippen LogP contribution in [0.1, 0.15) is 35.6 Å². The van der Waals surface area contributed by atoms with E-state index in [1.807, 2.05) is 12.1 Å². The molecule has 2 N–H and O–H groups in total. The van der Waals surface area contributed by atoms with Crippen LogP contribution in [0, 0.1) is 5.92 Å². The summed E-state index contributed by atoms with van der Waals surface area (Å²) in [5, 5.41) is 5.42. The molecule has 1 atom stereocenters. The molecule has 10 heteroatoms. The number of benzene rings is 2. The fourth-order valence-corrected chi connectivity index (χ4v) is 3.29. The maximum Gasteiger partial charge on any atom is 0.416 e. The fourth-order valence-electron chi connectivity index (χ4n) is 3.05. The highest BCUT2D eigenvalue weighted by molar-refractivity contribution is 7.80. The lowest BCUT2D eigenvalue weighted by Gasteiger charge is -2.22. The quantitative estimate of drug-likeness (QED) is 0.423. The molecule has 0 saturated heterocycles. The van der Waals surface area contributed by atoms with E-state index in [1.54, 1.807) is 12.1 Å². The van der Waals surface area contributed by atoms with Crippen LogP contribution in [0.3, 0.4) is 0 Å². The van der Waals surface area contributed by atoms with Gasteiger partial charge in [-0.25, -0.2) is 0 Å². The maximum atomic E-state index is 13.0. The van der Waals surface area contributed by atoms with Gasteiger partial charge in [0.2, 0.25) is 0 Å². The van der Waals surface area contributed by atoms with Gasteiger partial charge < -0.3 is 15.4 Å². The molecule has 2 aromatic carbocycles. The average Bonchev–Trinajstić information content (AvgIpc) is 3.50. The first-order valence-electron chi connectivity index (χ1n) is 8.98. The molecule has 0 radical (unpaired) electrons. The standard InChI is InChI=1S/C20H18F6N2OS/c1-29-16-6-4-12(5-7-16)17(11-2-3-11)28-18(30)27-15-9-13(19(21,22)23)8-14(10-15)20(24,25)26/h4-11,17H,2-3H2,1H3,(H2,27,28,30). The predicted octanol–water partition coefficient (Wildman–Crippen LogP) is 6.17. The first kappa shape index (κ1) is 22.2. The van der Waals surface area contributed by atoms with Crippen LogP contribution in [0.5, 0.6) is 5.75 Å². The summed E-state index contributed by atoms with van der Waals surface area (Å²) < 4.78 is 83.3. The second-order valence-electron chi connectivity index (χ2n) is 6.98. The minimum atomic E-state index is -4.92. The van der Waals surface area contributed by atoms with Gasteiger partial charge in [-0.1, -0.05) is 12.1 Å². The summed E-state index contributed by atoms with van der Waals surface area (Å²) in [5.41, 5.74) is -2.31. The summed E-state index contributed by atoms with van der Waals surface area (Å²) in [6.07, 6.45) is -7.97. The summed E-state index contributed by atoms with van der Waals surface area (Å²) in [4.78, 5) is 0. The molecule has 3 rings (SSSR count). The number of thiocarbonyl (C=S) groups is 1. The van der Waals surface area contributed by atoms with Crippen molar-refractivity contribution in [3.8, 4) is 5.75 Å². The lowest BCUT2D eigenvalue weighted by atomic mass is 10.0. The molecule has 1 saturated carbocycles. The molecule has 0 spiro atoms. The van der Waals surface area contributed by atoms with Crippen molar-refractivity contribution in [2.75, 3.05) is 12.4 Å². The molecular weight excluding hydrogens is 430 g/mol. The Balaban J connectivity index is 1.80. The Bertz CT molecular complexity index is 875. The number of nitrogens with one attached hydrogen (secondary N) is 2. The van der Waals surface area contributed by atoms with E-state index in [4.69, 9.17) is 17.0 Å². The predicted molar refractivity (Wildman–Crippen MR) is 104 cm³/mol. The summed E-state index contributed by atoms with van der Waals surface area (Å²) in [7, 11) is 1.54. The summed E-state index contributed by atoms with van der Waals surface area (Å²) in [6.45, 7) is 0. The second kappa shape index (κ2) is 8.33. The number of methoxy groups -OCH3 is 1. The minimum absolute atomic E-state index is 0.0600. The van der Waals surface area contributed by atoms with Gasteiger partial charge in [0.15, 0.2) is 5.11 Å². The molecule has 1 fully saturated rings. The van der Waals surface area contributed by atoms with Crippen LogP contribution in [0.4, 0.5) is 32.0 Å². The van der Waals surface area contributed by atoms with E-state index < -0.39 is 23.5 Å². The normalized spacial score (nSPS) is 15.4. The highest BCUT2D eigenvalue weighted by atomic mass is 32.1. The summed E-state index contributed by atoms with van der Waals surface area (Å²) in [5.74, 6) is 0.933. The SMILES string of the molecule is COc1ccc(C(NC(=S)Nc2cc(C(F)(F)F)cc(C(F)(F)F)c2)C2CC2)cc1. The van der Waals surface area contributed by atoms with Crippen LogP contribution in [0.2, 0.25) is 0 Å². The van der Waals surface area contributed by atoms with E-state index in [0.29, 0.717) is 17.9 Å². The number of hydrogen-bond acceptors (Lipinski definition) is 2. The van der Waals surface area contributed by atoms with E-state index in [-0.39, 0.29) is 28.8 Å². The zero-order valence-electron chi connectivity index (χ0n) is 15.7. The van der Waals surface area contributed by atoms with E-state index in [1.165, 1.54) is 7.11 Å². The number of halogens is 6. The minimum Gasteiger partial charge on any atom is -0.497 e. The third-order valence-corrected chi connectivity index (χ3v) is 4.92. The van der Waals surface area contributed by atoms with E-state index in [0.717, 1.165) is 18.4 Å². The van der Waals surface area contributed by atoms with Crippen LogP contribution < -0.4 is 15.4 Å². The molecule has 1 aliphatic carbocycles. The Morgan fingerprint density at radius 1 is 0.967 bits per heavy atom. The number of anilines is 1. The molecule has 0 aromatic heterocycles. The molecule has 162 valence electrons. The van der Waals surface area contributed by atoms with E-state index in [9.17, 15) is 26.3 Å². The number of rotatable bonds is 5. The van der Waals surface area contributed by atoms with Gasteiger partial charge in [0.1, 0.15) is 5.75 Å². The Hall–Kier alpha value is -2.49. The zero-order chi connectivity index (χ0) is 22.1. The van der Waals surface area contributed by atoms with Gasteiger partial charge in [-0.2, -0.15) is 26.3 Å². The Kier molecular flexibility index (Phi) is 6.16. The van der Waals surface area contributed by atoms with Gasteiger partial charge >= 0.3 is 12.4 Å². The van der Waals surface area contributed by atoms with Crippen molar-refractivity contribution in [2.24, 2.45) is 5.92 Å². The summed E-state index contributed by atoms with van der Waals surface area (Å²) in [6, 6.07) is 8.27. The van der Waals surface area contributed by atoms with Crippen molar-refractivity contribution in [2.45, 2.75) is 31.2 Å². The number of hydrogen-bond donors (Lipinski definition) is 2. The van der Waals surface area contributed by atoms with Gasteiger partial charge in [0.05, 0.1) is 24.3 Å². The lowest BCUT2D eigenvalue weighted by molar-refractivity contribution is -0.143. The van der Waals surface area contributed by atoms with Crippen molar-refractivity contribution in [1.29, 1.82) is 0 Å². The number of alkyl halides is 6. The van der Waals surface area contributed by atoms with E-state index >= 15 is 0 Å². The van der Waals surface area contributed by atoms with Crippen molar-refractivity contribution in [1.82, 2.24) is 5.32 Å². The van der Waals surface area contributed by atoms with Crippen LogP contribution in [-0.4, -0.2) is 12.2 Å². The average molecular weight is 448 g/mol. The Morgan fingerprint density at radius 3 is 1.93 bits per heavy atom. The zero-order valence-corrected chi connectivity index (χ0v) is 16.5. The van der Waals surface area contributed by atoms with Crippen LogP contribution in [-0.2, 0) is 12.4 Å². The van der Waals surface area contributed by atoms with Crippen molar-refractivity contribution < 1.29 is 31.1 Å². The second-order valence-corrected chi connectivity index (χ2v) is 7.39. The lowest BCUT2D eigenvalue weighted by Crippen LogP contribution is -2.33. The molecule has 1 aliphatic rings. The molecule has 2 aromatic rings. The largest absolute Gasteiger partial charge is 0.497 e. The third kappa shape index (κ3) is 5.56. The smallest absolute Gasteiger partial charge is 0.416 e. The molecule has 3 nitrogen and oxygen atoms in total. The molecule has 0 amide bonds. The van der Waals surface area contributed by atoms with E-state index in [2.05, 4.69) is 10.6 Å². The third-order valence-electron chi connectivity index (χ3n) is 4.70. The van der Waals surface area contributed by atoms with Gasteiger partial charge in [-0.15, -0.1) is 0 Å². The highest BCUT2D eigenvalue weighted by Gasteiger charge is 2.37. The molecule has 0 aliphatic heterocycles. The molecule has 30 heavy (non-hydrogen) atoms. The summed E-state index contributed by atoms with van der Waals surface area (Å²) >= 11 is 5.17. The molecule has 0 bridgehead atoms. The van der Waals surface area contributed by atoms with Gasteiger partial charge in [-0.05, 0) is 66.9 Å². The Morgan fingerprint density at radius 2 is 1.50 bits per heavy atom. The van der Waals surface area contributed by atoms with Crippen molar-refractivity contribution in [3.05, 3.63) is 59.2 Å². The first-order chi connectivity index (χ1) is 14.0. The molecular formula is C20H18F6N2OS. The van der Waals surface area contributed by atoms with Crippen LogP contribution in [0.15, 0.2) is 42.5 Å². The maximum absolute atomic E-state index is 13.0. The first-order valence-corrected chi connectivity index (χ1v) is 9.39. The van der Waals surface area contributed by atoms with Gasteiger partial charge in [0.25, 0.3) is 0 Å². The fraction of sp³-hybridized carbons (Fsp3) is 0.350. The number of ether oxygens (including phenoxy) is 1. The van der Waals surface area contributed by atoms with Crippen molar-refractivity contribution in [3.63, 3.8) is 0 Å².